The van der Waals surface area contributed by atoms with Crippen molar-refractivity contribution in [2.24, 2.45) is 0 Å². The van der Waals surface area contributed by atoms with E-state index in [1.54, 1.807) is 0 Å². The van der Waals surface area contributed by atoms with E-state index in [0.717, 1.165) is 0 Å². The fourth-order valence-corrected chi connectivity index (χ4v) is 2.83. The van der Waals surface area contributed by atoms with Crippen LogP contribution in [0.4, 0.5) is 123 Å². The molecular formula is C14Br2F28. The van der Waals surface area contributed by atoms with Gasteiger partial charge in [0.25, 0.3) is 0 Å². The van der Waals surface area contributed by atoms with E-state index in [9.17, 15) is 123 Å². The summed E-state index contributed by atoms with van der Waals surface area (Å²) in [7, 11) is 0. The van der Waals surface area contributed by atoms with Crippen LogP contribution in [-0.4, -0.2) is 80.7 Å². The normalized spacial score (nSPS) is 17.3. The number of hydrogen-bond donors (Lipinski definition) is 0. The third kappa shape index (κ3) is 4.88. The summed E-state index contributed by atoms with van der Waals surface area (Å²) in [6.45, 7) is 0. The molecule has 0 heterocycles. The number of halogens is 30. The zero-order valence-electron chi connectivity index (χ0n) is 18.3. The highest BCUT2D eigenvalue weighted by atomic mass is 79.9. The zero-order valence-corrected chi connectivity index (χ0v) is 21.5. The molecule has 0 N–H and O–H groups in total. The zero-order chi connectivity index (χ0) is 37.0. The Hall–Kier alpha value is -1.00. The number of rotatable bonds is 13. The second kappa shape index (κ2) is 10.2. The standard InChI is InChI=1S/C14Br2F28/c15-13(41,42)11(37,38)9(33,34)7(29,30)5(25,26)3(21,22)1(17,18)2(19,20)4(23,24)6(27,28)8(31,32)10(35,36)12(39,40)14(16,43)44. The lowest BCUT2D eigenvalue weighted by atomic mass is 9.84. The van der Waals surface area contributed by atoms with Crippen LogP contribution in [0.1, 0.15) is 0 Å². The molecule has 0 aromatic rings. The van der Waals surface area contributed by atoms with Crippen molar-refractivity contribution in [2.75, 3.05) is 0 Å². The Bertz CT molecular complexity index is 973. The van der Waals surface area contributed by atoms with Crippen LogP contribution in [0.25, 0.3) is 0 Å². The molecule has 0 spiro atoms. The Morgan fingerprint density at radius 2 is 0.227 bits per heavy atom. The second-order valence-electron chi connectivity index (χ2n) is 7.89. The van der Waals surface area contributed by atoms with Gasteiger partial charge in [0.2, 0.25) is 0 Å². The lowest BCUT2D eigenvalue weighted by molar-refractivity contribution is -0.482. The molecule has 0 aromatic heterocycles. The van der Waals surface area contributed by atoms with E-state index in [2.05, 4.69) is 0 Å². The number of alkyl halides is 30. The fraction of sp³-hybridized carbons (Fsp3) is 1.00. The Balaban J connectivity index is 7.52. The van der Waals surface area contributed by atoms with Crippen LogP contribution in [0, 0.1) is 0 Å². The van der Waals surface area contributed by atoms with E-state index in [4.69, 9.17) is 0 Å². The van der Waals surface area contributed by atoms with E-state index in [1.165, 1.54) is 0 Å². The van der Waals surface area contributed by atoms with Crippen molar-refractivity contribution in [3.8, 4) is 0 Å². The average Bonchev–Trinajstić information content (AvgIpc) is 2.75. The summed E-state index contributed by atoms with van der Waals surface area (Å²) < 4.78 is 372. The van der Waals surface area contributed by atoms with Crippen LogP contribution in [0.2, 0.25) is 0 Å². The largest absolute Gasteiger partial charge is 0.388 e. The molecule has 0 nitrogen and oxygen atoms in total. The molecule has 0 aliphatic heterocycles. The van der Waals surface area contributed by atoms with Crippen LogP contribution in [-0.2, 0) is 0 Å². The van der Waals surface area contributed by atoms with Crippen molar-refractivity contribution in [3.63, 3.8) is 0 Å². The molecule has 30 heteroatoms. The molecule has 0 aliphatic carbocycles. The quantitative estimate of drug-likeness (QED) is 0.128. The maximum atomic E-state index is 13.6. The molecule has 0 fully saturated rings. The second-order valence-corrected chi connectivity index (χ2v) is 9.88. The Kier molecular flexibility index (Phi) is 10.0. The molecule has 266 valence electrons. The molecule has 0 amide bonds. The van der Waals surface area contributed by atoms with Crippen LogP contribution in [0.5, 0.6) is 0 Å². The molecule has 0 atom stereocenters. The Labute approximate surface area is 236 Å². The summed E-state index contributed by atoms with van der Waals surface area (Å²) in [6, 6.07) is 0. The van der Waals surface area contributed by atoms with Crippen molar-refractivity contribution < 1.29 is 123 Å². The van der Waals surface area contributed by atoms with Gasteiger partial charge in [-0.25, -0.2) is 0 Å². The van der Waals surface area contributed by atoms with Gasteiger partial charge in [0.1, 0.15) is 0 Å². The summed E-state index contributed by atoms with van der Waals surface area (Å²) in [5.74, 6) is -111. The summed E-state index contributed by atoms with van der Waals surface area (Å²) in [5, 5.41) is 0. The molecule has 44 heavy (non-hydrogen) atoms. The van der Waals surface area contributed by atoms with E-state index < -0.39 is 80.7 Å². The van der Waals surface area contributed by atoms with Crippen molar-refractivity contribution in [1.82, 2.24) is 0 Å². The van der Waals surface area contributed by atoms with E-state index in [0.29, 0.717) is 0 Å². The van der Waals surface area contributed by atoms with Gasteiger partial charge in [-0.1, -0.05) is 0 Å². The number of hydrogen-bond acceptors (Lipinski definition) is 0. The van der Waals surface area contributed by atoms with Gasteiger partial charge in [0.15, 0.2) is 0 Å². The highest BCUT2D eigenvalue weighted by Crippen LogP contribution is 2.69. The molecule has 0 aromatic carbocycles. The molecular weight excluding hydrogens is 860 g/mol. The van der Waals surface area contributed by atoms with Gasteiger partial charge in [-0.15, -0.1) is 0 Å². The lowest BCUT2D eigenvalue weighted by Gasteiger charge is -2.46. The van der Waals surface area contributed by atoms with E-state index >= 15 is 0 Å². The molecule has 0 radical (unpaired) electrons. The maximum absolute atomic E-state index is 13.6. The lowest BCUT2D eigenvalue weighted by Crippen LogP contribution is -2.79. The fourth-order valence-electron chi connectivity index (χ4n) is 2.33. The smallest absolute Gasteiger partial charge is 0.192 e. The van der Waals surface area contributed by atoms with Gasteiger partial charge in [0.05, 0.1) is 0 Å². The van der Waals surface area contributed by atoms with Crippen LogP contribution >= 0.6 is 31.9 Å². The first-order chi connectivity index (χ1) is 18.2. The van der Waals surface area contributed by atoms with Crippen LogP contribution < -0.4 is 0 Å². The topological polar surface area (TPSA) is 0 Å². The highest BCUT2D eigenvalue weighted by molar-refractivity contribution is 9.10. The minimum Gasteiger partial charge on any atom is -0.192 e. The summed E-state index contributed by atoms with van der Waals surface area (Å²) in [6.07, 6.45) is 0. The molecule has 0 rings (SSSR count). The first kappa shape index (κ1) is 43.0. The van der Waals surface area contributed by atoms with Crippen molar-refractivity contribution in [3.05, 3.63) is 0 Å². The molecule has 0 unspecified atom stereocenters. The SMILES string of the molecule is FC(F)(Br)C(F)(F)C(F)(F)C(F)(F)C(F)(F)C(F)(F)C(F)(F)C(F)(F)C(F)(F)C(F)(F)C(F)(F)C(F)(F)C(F)(F)C(F)(F)Br. The van der Waals surface area contributed by atoms with Crippen LogP contribution in [0.3, 0.4) is 0 Å². The maximum Gasteiger partial charge on any atom is 0.388 e. The average molecular weight is 860 g/mol. The molecule has 0 saturated heterocycles. The van der Waals surface area contributed by atoms with Crippen molar-refractivity contribution in [1.29, 1.82) is 0 Å². The van der Waals surface area contributed by atoms with Crippen molar-refractivity contribution in [2.45, 2.75) is 80.7 Å². The van der Waals surface area contributed by atoms with Gasteiger partial charge in [-0.05, 0) is 31.9 Å². The van der Waals surface area contributed by atoms with E-state index in [1.807, 2.05) is 0 Å². The first-order valence-electron chi connectivity index (χ1n) is 8.92. The minimum atomic E-state index is -9.82. The summed E-state index contributed by atoms with van der Waals surface area (Å²) in [5.41, 5.74) is 0. The van der Waals surface area contributed by atoms with Gasteiger partial charge in [-0.3, -0.25) is 0 Å². The van der Waals surface area contributed by atoms with Gasteiger partial charge in [0, 0.05) is 0 Å². The third-order valence-electron chi connectivity index (χ3n) is 5.05. The van der Waals surface area contributed by atoms with Crippen LogP contribution in [0.15, 0.2) is 0 Å². The first-order valence-corrected chi connectivity index (χ1v) is 10.5. The molecule has 0 bridgehead atoms. The molecule has 0 saturated carbocycles. The highest BCUT2D eigenvalue weighted by Gasteiger charge is 3.00. The summed E-state index contributed by atoms with van der Waals surface area (Å²) in [4.78, 5) is -13.9. The predicted molar refractivity (Wildman–Crippen MR) is 87.1 cm³/mol. The minimum absolute atomic E-state index is 0.110. The predicted octanol–water partition coefficient (Wildman–Crippen LogP) is 10.6. The van der Waals surface area contributed by atoms with Gasteiger partial charge in [-0.2, -0.15) is 123 Å². The van der Waals surface area contributed by atoms with E-state index in [-0.39, 0.29) is 31.9 Å². The Morgan fingerprint density at radius 1 is 0.159 bits per heavy atom. The monoisotopic (exact) mass is 858 g/mol. The van der Waals surface area contributed by atoms with Gasteiger partial charge >= 0.3 is 80.7 Å². The van der Waals surface area contributed by atoms with Gasteiger partial charge < -0.3 is 0 Å². The van der Waals surface area contributed by atoms with Crippen molar-refractivity contribution >= 4 is 31.9 Å². The summed E-state index contributed by atoms with van der Waals surface area (Å²) >= 11 is 0.220. The Morgan fingerprint density at radius 3 is 0.295 bits per heavy atom. The molecule has 0 aliphatic rings. The third-order valence-corrected chi connectivity index (χ3v) is 6.05.